The predicted molar refractivity (Wildman–Crippen MR) is 139 cm³/mol. The molecule has 7 heteroatoms. The first-order valence-electron chi connectivity index (χ1n) is 12.1. The zero-order chi connectivity index (χ0) is 24.7. The smallest absolute Gasteiger partial charge is 0.200 e. The summed E-state index contributed by atoms with van der Waals surface area (Å²) in [4.78, 5) is 27.0. The second-order valence-corrected chi connectivity index (χ2v) is 9.79. The minimum atomic E-state index is -0.343. The number of Topliss-reactive ketones (excluding diaryl/α,β-unsaturated/α-hetero) is 1. The molecule has 1 aromatic carbocycles. The molecule has 1 aliphatic carbocycles. The lowest BCUT2D eigenvalue weighted by atomic mass is 9.75. The van der Waals surface area contributed by atoms with Crippen LogP contribution in [-0.2, 0) is 6.42 Å². The maximum atomic E-state index is 12.8. The van der Waals surface area contributed by atoms with Gasteiger partial charge in [-0.25, -0.2) is 19.6 Å². The average molecular weight is 475 g/mol. The van der Waals surface area contributed by atoms with E-state index in [9.17, 15) is 4.79 Å². The van der Waals surface area contributed by atoms with Crippen LogP contribution in [0.15, 0.2) is 79.3 Å². The zero-order valence-electron chi connectivity index (χ0n) is 20.3. The van der Waals surface area contributed by atoms with Gasteiger partial charge in [-0.1, -0.05) is 56.3 Å². The first kappa shape index (κ1) is 22.1. The number of rotatable bonds is 4. The normalized spacial score (nSPS) is 16.3. The highest BCUT2D eigenvalue weighted by molar-refractivity contribution is 6.02. The van der Waals surface area contributed by atoms with Gasteiger partial charge in [-0.2, -0.15) is 0 Å². The topological polar surface area (TPSA) is 85.6 Å². The van der Waals surface area contributed by atoms with Crippen LogP contribution in [0.2, 0.25) is 0 Å². The highest BCUT2D eigenvalue weighted by Crippen LogP contribution is 2.34. The van der Waals surface area contributed by atoms with E-state index in [-0.39, 0.29) is 11.2 Å². The average Bonchev–Trinajstić information content (AvgIpc) is 3.42. The molecule has 1 aliphatic heterocycles. The lowest BCUT2D eigenvalue weighted by Crippen LogP contribution is -2.31. The van der Waals surface area contributed by atoms with Gasteiger partial charge in [0.2, 0.25) is 0 Å². The number of carbonyl (C=O) groups is 1. The van der Waals surface area contributed by atoms with Crippen LogP contribution in [-0.4, -0.2) is 37.1 Å². The minimum Gasteiger partial charge on any atom is -0.387 e. The van der Waals surface area contributed by atoms with Crippen molar-refractivity contribution in [3.05, 3.63) is 96.2 Å². The molecule has 4 aromatic rings. The molecule has 4 heterocycles. The van der Waals surface area contributed by atoms with Gasteiger partial charge in [0.1, 0.15) is 12.0 Å². The molecule has 0 amide bonds. The molecule has 0 spiro atoms. The predicted octanol–water partition coefficient (Wildman–Crippen LogP) is 5.05. The van der Waals surface area contributed by atoms with Gasteiger partial charge in [0.05, 0.1) is 22.8 Å². The van der Waals surface area contributed by atoms with Gasteiger partial charge in [0.25, 0.3) is 0 Å². The summed E-state index contributed by atoms with van der Waals surface area (Å²) in [5.74, 6) is 0.674. The van der Waals surface area contributed by atoms with Gasteiger partial charge in [0.15, 0.2) is 11.6 Å². The molecule has 0 atom stereocenters. The summed E-state index contributed by atoms with van der Waals surface area (Å²) in [6, 6.07) is 17.8. The maximum Gasteiger partial charge on any atom is 0.200 e. The standard InChI is InChI=1S/C29H26N6O/c1-29(2)13-12-23-22(27(29)36)10-11-24(32-23)28-31-18-35(34-28)21-15-25(19-7-4-3-5-8-19)33-26(16-21)20-9-6-14-30-17-20/h3-11,15-18,30H,12-14H2,1-2H3. The third-order valence-electron chi connectivity index (χ3n) is 6.77. The molecule has 0 fully saturated rings. The largest absolute Gasteiger partial charge is 0.387 e. The van der Waals surface area contributed by atoms with E-state index >= 15 is 0 Å². The van der Waals surface area contributed by atoms with Crippen LogP contribution in [0, 0.1) is 5.41 Å². The van der Waals surface area contributed by atoms with Gasteiger partial charge < -0.3 is 5.32 Å². The van der Waals surface area contributed by atoms with E-state index in [1.54, 1.807) is 11.0 Å². The van der Waals surface area contributed by atoms with Crippen LogP contribution < -0.4 is 5.32 Å². The van der Waals surface area contributed by atoms with Gasteiger partial charge in [-0.15, -0.1) is 5.10 Å². The van der Waals surface area contributed by atoms with E-state index in [1.165, 1.54) is 0 Å². The summed E-state index contributed by atoms with van der Waals surface area (Å²) in [5.41, 5.74) is 6.45. The molecule has 0 saturated heterocycles. The highest BCUT2D eigenvalue weighted by atomic mass is 16.1. The Morgan fingerprint density at radius 3 is 2.61 bits per heavy atom. The van der Waals surface area contributed by atoms with Crippen molar-refractivity contribution in [1.29, 1.82) is 0 Å². The summed E-state index contributed by atoms with van der Waals surface area (Å²) in [5, 5.41) is 8.00. The van der Waals surface area contributed by atoms with Crippen LogP contribution in [0.25, 0.3) is 34.0 Å². The van der Waals surface area contributed by atoms with Crippen LogP contribution >= 0.6 is 0 Å². The number of allylic oxidation sites excluding steroid dienone is 2. The number of nitrogens with one attached hydrogen (secondary N) is 1. The van der Waals surface area contributed by atoms with Gasteiger partial charge in [0, 0.05) is 34.9 Å². The number of pyridine rings is 2. The Hall–Kier alpha value is -4.39. The van der Waals surface area contributed by atoms with Crippen LogP contribution in [0.5, 0.6) is 0 Å². The maximum absolute atomic E-state index is 12.8. The third-order valence-corrected chi connectivity index (χ3v) is 6.77. The number of fused-ring (bicyclic) bond motifs is 1. The fourth-order valence-electron chi connectivity index (χ4n) is 4.62. The number of dihydropyridines is 1. The lowest BCUT2D eigenvalue weighted by molar-refractivity contribution is 0.0809. The van der Waals surface area contributed by atoms with Crippen molar-refractivity contribution in [1.82, 2.24) is 30.0 Å². The number of hydrogen-bond acceptors (Lipinski definition) is 6. The third kappa shape index (κ3) is 4.02. The molecule has 0 radical (unpaired) electrons. The number of nitrogens with zero attached hydrogens (tertiary/aromatic N) is 5. The van der Waals surface area contributed by atoms with Crippen molar-refractivity contribution in [2.24, 2.45) is 5.41 Å². The first-order chi connectivity index (χ1) is 17.5. The van der Waals surface area contributed by atoms with Gasteiger partial charge >= 0.3 is 0 Å². The van der Waals surface area contributed by atoms with Gasteiger partial charge in [-0.05, 0) is 37.1 Å². The Bertz CT molecular complexity index is 1530. The Balaban J connectivity index is 1.39. The fourth-order valence-corrected chi connectivity index (χ4v) is 4.62. The lowest BCUT2D eigenvalue weighted by Gasteiger charge is -2.28. The Labute approximate surface area is 209 Å². The molecule has 0 unspecified atom stereocenters. The second kappa shape index (κ2) is 8.68. The number of hydrogen-bond donors (Lipinski definition) is 1. The highest BCUT2D eigenvalue weighted by Gasteiger charge is 2.35. The summed E-state index contributed by atoms with van der Waals surface area (Å²) < 4.78 is 1.75. The molecule has 178 valence electrons. The molecule has 2 aliphatic rings. The molecule has 1 N–H and O–H groups in total. The van der Waals surface area contributed by atoms with Crippen molar-refractivity contribution in [2.75, 3.05) is 6.54 Å². The molecular formula is C29H26N6O. The van der Waals surface area contributed by atoms with Crippen molar-refractivity contribution in [3.63, 3.8) is 0 Å². The SMILES string of the molecule is CC1(C)CCc2nc(-c3ncn(-c4cc(C5=CNCC=C5)nc(-c5ccccc5)c4)n3)ccc2C1=O. The quantitative estimate of drug-likeness (QED) is 0.446. The van der Waals surface area contributed by atoms with Crippen molar-refractivity contribution >= 4 is 11.4 Å². The number of benzene rings is 1. The second-order valence-electron chi connectivity index (χ2n) is 9.79. The van der Waals surface area contributed by atoms with E-state index < -0.39 is 0 Å². The molecule has 6 rings (SSSR count). The molecule has 36 heavy (non-hydrogen) atoms. The van der Waals surface area contributed by atoms with E-state index in [0.29, 0.717) is 17.1 Å². The number of ketones is 1. The monoisotopic (exact) mass is 474 g/mol. The molecular weight excluding hydrogens is 448 g/mol. The van der Waals surface area contributed by atoms with Crippen LogP contribution in [0.1, 0.15) is 42.0 Å². The number of carbonyl (C=O) groups excluding carboxylic acids is 1. The Morgan fingerprint density at radius 1 is 0.972 bits per heavy atom. The van der Waals surface area contributed by atoms with E-state index in [4.69, 9.17) is 15.1 Å². The van der Waals surface area contributed by atoms with E-state index in [2.05, 4.69) is 22.5 Å². The summed E-state index contributed by atoms with van der Waals surface area (Å²) in [6.07, 6.45) is 9.39. The molecule has 0 bridgehead atoms. The van der Waals surface area contributed by atoms with Crippen molar-refractivity contribution < 1.29 is 4.79 Å². The number of aromatic nitrogens is 5. The van der Waals surface area contributed by atoms with Crippen molar-refractivity contribution in [3.8, 4) is 28.5 Å². The van der Waals surface area contributed by atoms with Crippen LogP contribution in [0.3, 0.4) is 0 Å². The summed E-state index contributed by atoms with van der Waals surface area (Å²) in [7, 11) is 0. The van der Waals surface area contributed by atoms with Crippen LogP contribution in [0.4, 0.5) is 0 Å². The minimum absolute atomic E-state index is 0.152. The Morgan fingerprint density at radius 2 is 1.81 bits per heavy atom. The first-order valence-corrected chi connectivity index (χ1v) is 12.1. The molecule has 7 nitrogen and oxygen atoms in total. The zero-order valence-corrected chi connectivity index (χ0v) is 20.3. The molecule has 3 aromatic heterocycles. The summed E-state index contributed by atoms with van der Waals surface area (Å²) in [6.45, 7) is 4.80. The van der Waals surface area contributed by atoms with E-state index in [0.717, 1.165) is 53.3 Å². The summed E-state index contributed by atoms with van der Waals surface area (Å²) >= 11 is 0. The van der Waals surface area contributed by atoms with E-state index in [1.807, 2.05) is 74.6 Å². The van der Waals surface area contributed by atoms with Gasteiger partial charge in [-0.3, -0.25) is 4.79 Å². The Kier molecular flexibility index (Phi) is 5.33. The number of aryl methyl sites for hydroxylation is 1. The molecule has 0 saturated carbocycles. The van der Waals surface area contributed by atoms with Crippen molar-refractivity contribution in [2.45, 2.75) is 26.7 Å². The fraction of sp³-hybridized carbons (Fsp3) is 0.207.